The normalized spacial score (nSPS) is 15.9. The fraction of sp³-hybridized carbons (Fsp3) is 0.316. The van der Waals surface area contributed by atoms with Crippen LogP contribution in [0.5, 0.6) is 0 Å². The van der Waals surface area contributed by atoms with E-state index in [-0.39, 0.29) is 17.7 Å². The number of piperazine rings is 1. The van der Waals surface area contributed by atoms with Gasteiger partial charge in [-0.05, 0) is 30.7 Å². The molecule has 0 bridgehead atoms. The molecule has 2 aromatic rings. The molecule has 0 aliphatic carbocycles. The summed E-state index contributed by atoms with van der Waals surface area (Å²) < 4.78 is 0. The minimum Gasteiger partial charge on any atom is -0.339 e. The number of hydrogen-bond acceptors (Lipinski definition) is 3. The first-order valence-electron chi connectivity index (χ1n) is 8.20. The van der Waals surface area contributed by atoms with E-state index >= 15 is 0 Å². The first-order valence-corrected chi connectivity index (χ1v) is 8.20. The maximum atomic E-state index is 12.6. The third-order valence-electron chi connectivity index (χ3n) is 4.45. The van der Waals surface area contributed by atoms with Gasteiger partial charge in [0.15, 0.2) is 0 Å². The van der Waals surface area contributed by atoms with Crippen molar-refractivity contribution in [3.05, 3.63) is 66.0 Å². The van der Waals surface area contributed by atoms with Gasteiger partial charge in [-0.3, -0.25) is 14.6 Å². The van der Waals surface area contributed by atoms with Gasteiger partial charge in [0.05, 0.1) is 5.92 Å². The van der Waals surface area contributed by atoms with Crippen LogP contribution in [0, 0.1) is 0 Å². The van der Waals surface area contributed by atoms with Crippen LogP contribution in [0.3, 0.4) is 0 Å². The Morgan fingerprint density at radius 3 is 2.25 bits per heavy atom. The fourth-order valence-electron chi connectivity index (χ4n) is 2.94. The summed E-state index contributed by atoms with van der Waals surface area (Å²) in [5.41, 5.74) is 1.62. The van der Waals surface area contributed by atoms with Crippen molar-refractivity contribution in [3.63, 3.8) is 0 Å². The van der Waals surface area contributed by atoms with Gasteiger partial charge >= 0.3 is 0 Å². The summed E-state index contributed by atoms with van der Waals surface area (Å²) in [7, 11) is 0. The van der Waals surface area contributed by atoms with Gasteiger partial charge in [-0.15, -0.1) is 0 Å². The standard InChI is InChI=1S/C19H21N3O2/c1-15(17-8-5-9-20-14-17)18(23)21-10-12-22(13-11-21)19(24)16-6-3-2-4-7-16/h2-9,14-15H,10-13H2,1H3. The smallest absolute Gasteiger partial charge is 0.253 e. The van der Waals surface area contributed by atoms with Crippen LogP contribution in [0.4, 0.5) is 0 Å². The van der Waals surface area contributed by atoms with Gasteiger partial charge in [0.25, 0.3) is 5.91 Å². The summed E-state index contributed by atoms with van der Waals surface area (Å²) in [6.45, 7) is 4.18. The van der Waals surface area contributed by atoms with E-state index < -0.39 is 0 Å². The zero-order valence-corrected chi connectivity index (χ0v) is 13.8. The number of pyridine rings is 1. The van der Waals surface area contributed by atoms with E-state index in [9.17, 15) is 9.59 Å². The zero-order chi connectivity index (χ0) is 16.9. The lowest BCUT2D eigenvalue weighted by molar-refractivity contribution is -0.133. The molecule has 2 heterocycles. The van der Waals surface area contributed by atoms with Crippen molar-refractivity contribution < 1.29 is 9.59 Å². The zero-order valence-electron chi connectivity index (χ0n) is 13.8. The molecule has 5 nitrogen and oxygen atoms in total. The summed E-state index contributed by atoms with van der Waals surface area (Å²) in [6, 6.07) is 13.0. The Morgan fingerprint density at radius 2 is 1.62 bits per heavy atom. The molecule has 1 saturated heterocycles. The minimum absolute atomic E-state index is 0.0306. The van der Waals surface area contributed by atoms with Crippen LogP contribution in [-0.4, -0.2) is 52.8 Å². The first-order chi connectivity index (χ1) is 11.7. The Labute approximate surface area is 141 Å². The van der Waals surface area contributed by atoms with Crippen LogP contribution in [0.25, 0.3) is 0 Å². The number of carbonyl (C=O) groups excluding carboxylic acids is 2. The lowest BCUT2D eigenvalue weighted by Crippen LogP contribution is -2.51. The van der Waals surface area contributed by atoms with Crippen molar-refractivity contribution in [3.8, 4) is 0 Å². The average Bonchev–Trinajstić information content (AvgIpc) is 2.68. The number of benzene rings is 1. The number of carbonyl (C=O) groups is 2. The number of rotatable bonds is 3. The number of hydrogen-bond donors (Lipinski definition) is 0. The molecule has 2 amide bonds. The summed E-state index contributed by atoms with van der Waals surface area (Å²) in [5.74, 6) is -0.0899. The molecular formula is C19H21N3O2. The van der Waals surface area contributed by atoms with Crippen molar-refractivity contribution in [1.29, 1.82) is 0 Å². The van der Waals surface area contributed by atoms with Crippen molar-refractivity contribution in [1.82, 2.24) is 14.8 Å². The Bertz CT molecular complexity index is 695. The van der Waals surface area contributed by atoms with Crippen LogP contribution < -0.4 is 0 Å². The van der Waals surface area contributed by atoms with E-state index in [1.807, 2.05) is 59.2 Å². The third kappa shape index (κ3) is 3.45. The molecule has 24 heavy (non-hydrogen) atoms. The number of amides is 2. The van der Waals surface area contributed by atoms with Gasteiger partial charge in [-0.2, -0.15) is 0 Å². The molecule has 1 aliphatic heterocycles. The Hall–Kier alpha value is -2.69. The SMILES string of the molecule is CC(C(=O)N1CCN(C(=O)c2ccccc2)CC1)c1cccnc1. The summed E-state index contributed by atoms with van der Waals surface area (Å²) in [4.78, 5) is 32.8. The van der Waals surface area contributed by atoms with E-state index in [2.05, 4.69) is 4.98 Å². The first kappa shape index (κ1) is 16.2. The van der Waals surface area contributed by atoms with Crippen molar-refractivity contribution in [2.45, 2.75) is 12.8 Å². The second kappa shape index (κ2) is 7.25. The second-order valence-corrected chi connectivity index (χ2v) is 5.99. The Balaban J connectivity index is 1.59. The topological polar surface area (TPSA) is 53.5 Å². The van der Waals surface area contributed by atoms with E-state index in [1.54, 1.807) is 12.4 Å². The van der Waals surface area contributed by atoms with Gasteiger partial charge in [-0.1, -0.05) is 24.3 Å². The Kier molecular flexibility index (Phi) is 4.89. The maximum absolute atomic E-state index is 12.6. The highest BCUT2D eigenvalue weighted by atomic mass is 16.2. The van der Waals surface area contributed by atoms with Crippen LogP contribution in [-0.2, 0) is 4.79 Å². The number of aromatic nitrogens is 1. The van der Waals surface area contributed by atoms with Crippen LogP contribution in [0.1, 0.15) is 28.8 Å². The van der Waals surface area contributed by atoms with Gasteiger partial charge < -0.3 is 9.80 Å². The molecule has 124 valence electrons. The van der Waals surface area contributed by atoms with E-state index in [0.29, 0.717) is 31.7 Å². The van der Waals surface area contributed by atoms with E-state index in [0.717, 1.165) is 5.56 Å². The van der Waals surface area contributed by atoms with Crippen molar-refractivity contribution >= 4 is 11.8 Å². The average molecular weight is 323 g/mol. The highest BCUT2D eigenvalue weighted by Crippen LogP contribution is 2.18. The highest BCUT2D eigenvalue weighted by molar-refractivity contribution is 5.94. The van der Waals surface area contributed by atoms with Crippen molar-refractivity contribution in [2.24, 2.45) is 0 Å². The van der Waals surface area contributed by atoms with Crippen LogP contribution in [0.2, 0.25) is 0 Å². The molecule has 0 saturated carbocycles. The van der Waals surface area contributed by atoms with Crippen molar-refractivity contribution in [2.75, 3.05) is 26.2 Å². The van der Waals surface area contributed by atoms with Crippen LogP contribution >= 0.6 is 0 Å². The molecule has 1 aromatic heterocycles. The predicted molar refractivity (Wildman–Crippen MR) is 91.6 cm³/mol. The minimum atomic E-state index is -0.213. The largest absolute Gasteiger partial charge is 0.339 e. The molecule has 1 aliphatic rings. The molecule has 5 heteroatoms. The monoisotopic (exact) mass is 323 g/mol. The third-order valence-corrected chi connectivity index (χ3v) is 4.45. The van der Waals surface area contributed by atoms with Gasteiger partial charge in [0.2, 0.25) is 5.91 Å². The molecule has 1 aromatic carbocycles. The fourth-order valence-corrected chi connectivity index (χ4v) is 2.94. The van der Waals surface area contributed by atoms with Crippen LogP contribution in [0.15, 0.2) is 54.9 Å². The summed E-state index contributed by atoms with van der Waals surface area (Å²) in [5, 5.41) is 0. The molecule has 0 N–H and O–H groups in total. The summed E-state index contributed by atoms with van der Waals surface area (Å²) >= 11 is 0. The number of nitrogens with zero attached hydrogens (tertiary/aromatic N) is 3. The lowest BCUT2D eigenvalue weighted by atomic mass is 10.0. The Morgan fingerprint density at radius 1 is 0.958 bits per heavy atom. The van der Waals surface area contributed by atoms with E-state index in [1.165, 1.54) is 0 Å². The van der Waals surface area contributed by atoms with E-state index in [4.69, 9.17) is 0 Å². The highest BCUT2D eigenvalue weighted by Gasteiger charge is 2.27. The predicted octanol–water partition coefficient (Wildman–Crippen LogP) is 2.17. The molecule has 1 unspecified atom stereocenters. The molecule has 3 rings (SSSR count). The molecule has 0 radical (unpaired) electrons. The molecule has 1 fully saturated rings. The second-order valence-electron chi connectivity index (χ2n) is 5.99. The quantitative estimate of drug-likeness (QED) is 0.870. The summed E-state index contributed by atoms with van der Waals surface area (Å²) in [6.07, 6.45) is 3.44. The van der Waals surface area contributed by atoms with Gasteiger partial charge in [-0.25, -0.2) is 0 Å². The molecule has 0 spiro atoms. The molecule has 1 atom stereocenters. The van der Waals surface area contributed by atoms with Gasteiger partial charge in [0.1, 0.15) is 0 Å². The maximum Gasteiger partial charge on any atom is 0.253 e. The lowest BCUT2D eigenvalue weighted by Gasteiger charge is -2.36. The molecular weight excluding hydrogens is 302 g/mol. The van der Waals surface area contributed by atoms with Gasteiger partial charge in [0, 0.05) is 44.1 Å².